The van der Waals surface area contributed by atoms with Gasteiger partial charge < -0.3 is 5.85 Å². The molecule has 0 aromatic rings. The first-order valence-electron chi connectivity index (χ1n) is 2.18. The Morgan fingerprint density at radius 2 is 1.88 bits per heavy atom. The van der Waals surface area contributed by atoms with Crippen LogP contribution in [0.15, 0.2) is 0 Å². The Morgan fingerprint density at radius 3 is 1.88 bits per heavy atom. The smallest absolute Gasteiger partial charge is 1.00 e. The molecule has 0 aliphatic carbocycles. The van der Waals surface area contributed by atoms with Gasteiger partial charge in [-0.1, -0.05) is 0 Å². The van der Waals surface area contributed by atoms with Crippen LogP contribution in [0.3, 0.4) is 0 Å². The minimum atomic E-state index is -1.53. The molecule has 4 heteroatoms. The average molecular weight is 126 g/mol. The Labute approximate surface area is 64.4 Å². The molecule has 0 aliphatic heterocycles. The van der Waals surface area contributed by atoms with E-state index in [0.717, 1.165) is 0 Å². The quantitative estimate of drug-likeness (QED) is 0.319. The van der Waals surface area contributed by atoms with Crippen LogP contribution in [0.1, 0.15) is 1.43 Å². The molecular formula is C4H11LiO2Si. The summed E-state index contributed by atoms with van der Waals surface area (Å²) in [4.78, 5) is 9.63. The third-order valence-electron chi connectivity index (χ3n) is 0.402. The summed E-state index contributed by atoms with van der Waals surface area (Å²) in [5.74, 6) is 0. The van der Waals surface area contributed by atoms with E-state index in [1.165, 1.54) is 0 Å². The fraction of sp³-hybridized carbons (Fsp3) is 0.750. The minimum absolute atomic E-state index is 0. The van der Waals surface area contributed by atoms with Crippen molar-refractivity contribution in [2.45, 2.75) is 19.6 Å². The fourth-order valence-corrected chi connectivity index (χ4v) is 0.433. The molecule has 0 aliphatic rings. The van der Waals surface area contributed by atoms with E-state index in [1.54, 1.807) is 0 Å². The van der Waals surface area contributed by atoms with E-state index in [1.807, 2.05) is 19.6 Å². The normalized spacial score (nSPS) is 9.38. The first kappa shape index (κ1) is 11.1. The van der Waals surface area contributed by atoms with E-state index in [0.29, 0.717) is 6.47 Å². The third kappa shape index (κ3) is 9.56. The van der Waals surface area contributed by atoms with Gasteiger partial charge in [-0.05, 0) is 19.6 Å². The zero-order valence-electron chi connectivity index (χ0n) is 6.89. The molecule has 0 saturated carbocycles. The zero-order valence-corrected chi connectivity index (χ0v) is 6.89. The maximum absolute atomic E-state index is 9.63. The largest absolute Gasteiger partial charge is 1.00 e. The van der Waals surface area contributed by atoms with Crippen molar-refractivity contribution in [3.05, 3.63) is 0 Å². The van der Waals surface area contributed by atoms with Crippen LogP contribution in [0, 0.1) is 0 Å². The number of carbonyl (C=O) groups is 1. The van der Waals surface area contributed by atoms with Crippen molar-refractivity contribution in [2.24, 2.45) is 0 Å². The fourth-order valence-electron chi connectivity index (χ4n) is 0.144. The molecule has 0 rings (SSSR count). The SMILES string of the molecule is C[Si](C)(C)OC=O.[H-].[Li+]. The van der Waals surface area contributed by atoms with Crippen LogP contribution in [0.2, 0.25) is 19.6 Å². The molecule has 0 fully saturated rings. The molecule has 0 aromatic carbocycles. The van der Waals surface area contributed by atoms with Crippen LogP contribution in [0.4, 0.5) is 0 Å². The summed E-state index contributed by atoms with van der Waals surface area (Å²) in [7, 11) is -1.53. The summed E-state index contributed by atoms with van der Waals surface area (Å²) >= 11 is 0. The van der Waals surface area contributed by atoms with Gasteiger partial charge in [0.25, 0.3) is 6.47 Å². The van der Waals surface area contributed by atoms with Gasteiger partial charge >= 0.3 is 18.9 Å². The minimum Gasteiger partial charge on any atom is -1.00 e. The number of hydrogen-bond donors (Lipinski definition) is 0. The van der Waals surface area contributed by atoms with Gasteiger partial charge in [0.15, 0.2) is 0 Å². The number of hydrogen-bond acceptors (Lipinski definition) is 2. The van der Waals surface area contributed by atoms with Crippen LogP contribution in [0.25, 0.3) is 0 Å². The Bertz CT molecular complexity index is 73.5. The Kier molecular flexibility index (Phi) is 5.83. The van der Waals surface area contributed by atoms with Gasteiger partial charge in [-0.2, -0.15) is 0 Å². The summed E-state index contributed by atoms with van der Waals surface area (Å²) in [5, 5.41) is 0. The molecule has 8 heavy (non-hydrogen) atoms. The summed E-state index contributed by atoms with van der Waals surface area (Å²) < 4.78 is 4.69. The van der Waals surface area contributed by atoms with Gasteiger partial charge in [0.05, 0.1) is 0 Å². The second-order valence-corrected chi connectivity index (χ2v) is 6.79. The van der Waals surface area contributed by atoms with Crippen molar-refractivity contribution in [2.75, 3.05) is 0 Å². The molecule has 2 nitrogen and oxygen atoms in total. The van der Waals surface area contributed by atoms with Crippen LogP contribution in [-0.4, -0.2) is 14.8 Å². The summed E-state index contributed by atoms with van der Waals surface area (Å²) in [6, 6.07) is 0. The molecule has 0 radical (unpaired) electrons. The molecule has 0 aromatic heterocycles. The van der Waals surface area contributed by atoms with Crippen molar-refractivity contribution >= 4 is 14.8 Å². The van der Waals surface area contributed by atoms with Gasteiger partial charge in [0.2, 0.25) is 8.32 Å². The van der Waals surface area contributed by atoms with Crippen LogP contribution in [-0.2, 0) is 9.22 Å². The summed E-state index contributed by atoms with van der Waals surface area (Å²) in [5.41, 5.74) is 0. The molecule has 0 saturated heterocycles. The van der Waals surface area contributed by atoms with E-state index in [9.17, 15) is 4.79 Å². The predicted octanol–water partition coefficient (Wildman–Crippen LogP) is -1.89. The van der Waals surface area contributed by atoms with Gasteiger partial charge in [-0.3, -0.25) is 4.79 Å². The second-order valence-electron chi connectivity index (χ2n) is 2.33. The molecule has 44 valence electrons. The van der Waals surface area contributed by atoms with Crippen LogP contribution >= 0.6 is 0 Å². The molecule has 0 amide bonds. The number of carbonyl (C=O) groups excluding carboxylic acids is 1. The van der Waals surface area contributed by atoms with Crippen molar-refractivity contribution in [3.8, 4) is 0 Å². The molecule has 0 atom stereocenters. The first-order valence-corrected chi connectivity index (χ1v) is 5.58. The topological polar surface area (TPSA) is 26.3 Å². The molecule has 0 spiro atoms. The predicted molar refractivity (Wildman–Crippen MR) is 31.6 cm³/mol. The van der Waals surface area contributed by atoms with Crippen molar-refractivity contribution < 1.29 is 29.5 Å². The third-order valence-corrected chi connectivity index (χ3v) is 1.20. The Hall–Kier alpha value is 0.284. The molecule has 0 N–H and O–H groups in total. The van der Waals surface area contributed by atoms with E-state index in [-0.39, 0.29) is 20.3 Å². The Balaban J connectivity index is -0.000000180. The van der Waals surface area contributed by atoms with Crippen LogP contribution in [0.5, 0.6) is 0 Å². The maximum atomic E-state index is 9.63. The van der Waals surface area contributed by atoms with Crippen molar-refractivity contribution in [1.29, 1.82) is 0 Å². The monoisotopic (exact) mass is 126 g/mol. The van der Waals surface area contributed by atoms with E-state index < -0.39 is 8.32 Å². The Morgan fingerprint density at radius 1 is 1.50 bits per heavy atom. The molecule has 0 unspecified atom stereocenters. The van der Waals surface area contributed by atoms with Crippen LogP contribution < -0.4 is 18.9 Å². The maximum Gasteiger partial charge on any atom is 1.00 e. The summed E-state index contributed by atoms with van der Waals surface area (Å²) in [6.45, 7) is 6.40. The van der Waals surface area contributed by atoms with Gasteiger partial charge in [-0.15, -0.1) is 0 Å². The zero-order chi connectivity index (χ0) is 5.91. The van der Waals surface area contributed by atoms with Gasteiger partial charge in [-0.25, -0.2) is 0 Å². The van der Waals surface area contributed by atoms with E-state index >= 15 is 0 Å². The first-order chi connectivity index (χ1) is 3.06. The molecular weight excluding hydrogens is 115 g/mol. The standard InChI is InChI=1S/C4H10O2Si.Li.H/c1-7(2,3)6-4-5;;/h4H,1-3H3;;/q;+1;-1. The van der Waals surface area contributed by atoms with Gasteiger partial charge in [0, 0.05) is 0 Å². The van der Waals surface area contributed by atoms with Crippen molar-refractivity contribution in [3.63, 3.8) is 0 Å². The molecule has 0 bridgehead atoms. The van der Waals surface area contributed by atoms with Gasteiger partial charge in [0.1, 0.15) is 0 Å². The van der Waals surface area contributed by atoms with E-state index in [2.05, 4.69) is 4.43 Å². The second kappa shape index (κ2) is 4.19. The average Bonchev–Trinajstić information content (AvgIpc) is 1.30. The van der Waals surface area contributed by atoms with Crippen molar-refractivity contribution in [1.82, 2.24) is 0 Å². The summed E-state index contributed by atoms with van der Waals surface area (Å²) in [6.07, 6.45) is 0. The molecule has 0 heterocycles. The number of rotatable bonds is 2. The van der Waals surface area contributed by atoms with E-state index in [4.69, 9.17) is 0 Å².